The number of aliphatic hydroxyl groups is 2. The zero-order chi connectivity index (χ0) is 15.3. The van der Waals surface area contributed by atoms with Gasteiger partial charge in [-0.3, -0.25) is 0 Å². The fourth-order valence-electron chi connectivity index (χ4n) is 2.71. The summed E-state index contributed by atoms with van der Waals surface area (Å²) in [6.07, 6.45) is 1.35. The second-order valence-corrected chi connectivity index (χ2v) is 6.07. The Morgan fingerprint density at radius 1 is 0.762 bits per heavy atom. The van der Waals surface area contributed by atoms with Crippen LogP contribution >= 0.6 is 0 Å². The summed E-state index contributed by atoms with van der Waals surface area (Å²) in [5.74, 6) is 0. The highest BCUT2D eigenvalue weighted by atomic mass is 16.3. The van der Waals surface area contributed by atoms with E-state index in [2.05, 4.69) is 32.0 Å². The zero-order valence-electron chi connectivity index (χ0n) is 12.8. The molecule has 0 unspecified atom stereocenters. The summed E-state index contributed by atoms with van der Waals surface area (Å²) < 4.78 is 0. The maximum atomic E-state index is 9.86. The van der Waals surface area contributed by atoms with Crippen LogP contribution in [0, 0.1) is 19.3 Å². The molecule has 0 atom stereocenters. The van der Waals surface area contributed by atoms with E-state index in [0.29, 0.717) is 12.8 Å². The molecule has 2 N–H and O–H groups in total. The van der Waals surface area contributed by atoms with Crippen LogP contribution in [0.4, 0.5) is 0 Å². The van der Waals surface area contributed by atoms with E-state index in [0.717, 1.165) is 11.1 Å². The van der Waals surface area contributed by atoms with Crippen LogP contribution in [0.3, 0.4) is 0 Å². The maximum Gasteiger partial charge on any atom is 0.0515 e. The maximum absolute atomic E-state index is 9.86. The Hall–Kier alpha value is -1.64. The molecule has 0 bridgehead atoms. The van der Waals surface area contributed by atoms with Crippen molar-refractivity contribution in [2.75, 3.05) is 13.2 Å². The smallest absolute Gasteiger partial charge is 0.0515 e. The quantitative estimate of drug-likeness (QED) is 0.856. The van der Waals surface area contributed by atoms with Crippen LogP contribution in [0.2, 0.25) is 0 Å². The van der Waals surface area contributed by atoms with Crippen LogP contribution in [0.5, 0.6) is 0 Å². The lowest BCUT2D eigenvalue weighted by Crippen LogP contribution is -2.34. The fraction of sp³-hybridized carbons (Fsp3) is 0.368. The number of aliphatic hydroxyl groups excluding tert-OH is 2. The third kappa shape index (κ3) is 3.93. The largest absolute Gasteiger partial charge is 0.396 e. The van der Waals surface area contributed by atoms with E-state index >= 15 is 0 Å². The summed E-state index contributed by atoms with van der Waals surface area (Å²) in [5.41, 5.74) is 4.31. The van der Waals surface area contributed by atoms with Gasteiger partial charge in [0.15, 0.2) is 0 Å². The highest BCUT2D eigenvalue weighted by Gasteiger charge is 2.29. The first-order valence-corrected chi connectivity index (χ1v) is 7.40. The molecule has 2 rings (SSSR count). The van der Waals surface area contributed by atoms with Gasteiger partial charge in [0.25, 0.3) is 0 Å². The third-order valence-corrected chi connectivity index (χ3v) is 4.24. The van der Waals surface area contributed by atoms with Gasteiger partial charge in [-0.15, -0.1) is 0 Å². The van der Waals surface area contributed by atoms with Crippen LogP contribution in [0.25, 0.3) is 0 Å². The van der Waals surface area contributed by atoms with Crippen molar-refractivity contribution in [1.82, 2.24) is 0 Å². The SMILES string of the molecule is Cc1ccc(CC(CO)(CO)Cc2ccccc2)cc1C. The van der Waals surface area contributed by atoms with Crippen molar-refractivity contribution >= 4 is 0 Å². The molecule has 112 valence electrons. The topological polar surface area (TPSA) is 40.5 Å². The third-order valence-electron chi connectivity index (χ3n) is 4.24. The second-order valence-electron chi connectivity index (χ2n) is 6.07. The number of aryl methyl sites for hydroxylation is 2. The van der Waals surface area contributed by atoms with Crippen LogP contribution in [0.15, 0.2) is 48.5 Å². The Balaban J connectivity index is 2.23. The van der Waals surface area contributed by atoms with Gasteiger partial charge in [0.05, 0.1) is 13.2 Å². The summed E-state index contributed by atoms with van der Waals surface area (Å²) in [6.45, 7) is 4.14. The van der Waals surface area contributed by atoms with Crippen molar-refractivity contribution in [1.29, 1.82) is 0 Å². The average molecular weight is 284 g/mol. The minimum Gasteiger partial charge on any atom is -0.396 e. The molecular formula is C19H24O2. The minimum atomic E-state index is -0.511. The van der Waals surface area contributed by atoms with Gasteiger partial charge >= 0.3 is 0 Å². The van der Waals surface area contributed by atoms with Crippen molar-refractivity contribution in [3.63, 3.8) is 0 Å². The van der Waals surface area contributed by atoms with E-state index in [-0.39, 0.29) is 13.2 Å². The molecular weight excluding hydrogens is 260 g/mol. The Bertz CT molecular complexity index is 571. The van der Waals surface area contributed by atoms with Crippen molar-refractivity contribution in [2.24, 2.45) is 5.41 Å². The lowest BCUT2D eigenvalue weighted by Gasteiger charge is -2.30. The summed E-state index contributed by atoms with van der Waals surface area (Å²) in [5, 5.41) is 19.7. The molecule has 0 aromatic heterocycles. The van der Waals surface area contributed by atoms with Gasteiger partial charge in [-0.1, -0.05) is 48.5 Å². The summed E-state index contributed by atoms with van der Waals surface area (Å²) in [7, 11) is 0. The Labute approximate surface area is 127 Å². The highest BCUT2D eigenvalue weighted by Crippen LogP contribution is 2.28. The molecule has 2 nitrogen and oxygen atoms in total. The first-order valence-electron chi connectivity index (χ1n) is 7.40. The van der Waals surface area contributed by atoms with E-state index in [1.807, 2.05) is 30.3 Å². The fourth-order valence-corrected chi connectivity index (χ4v) is 2.71. The van der Waals surface area contributed by atoms with Gasteiger partial charge in [0.1, 0.15) is 0 Å². The number of benzene rings is 2. The number of hydrogen-bond acceptors (Lipinski definition) is 2. The monoisotopic (exact) mass is 284 g/mol. The van der Waals surface area contributed by atoms with Gasteiger partial charge in [-0.05, 0) is 48.9 Å². The summed E-state index contributed by atoms with van der Waals surface area (Å²) >= 11 is 0. The molecule has 0 aliphatic heterocycles. The van der Waals surface area contributed by atoms with Crippen molar-refractivity contribution in [3.8, 4) is 0 Å². The van der Waals surface area contributed by atoms with Gasteiger partial charge in [0, 0.05) is 5.41 Å². The van der Waals surface area contributed by atoms with Gasteiger partial charge in [0.2, 0.25) is 0 Å². The molecule has 0 saturated heterocycles. The van der Waals surface area contributed by atoms with Gasteiger partial charge in [-0.25, -0.2) is 0 Å². The van der Waals surface area contributed by atoms with E-state index in [1.165, 1.54) is 11.1 Å². The molecule has 0 spiro atoms. The van der Waals surface area contributed by atoms with Crippen LogP contribution in [0.1, 0.15) is 22.3 Å². The molecule has 0 heterocycles. The standard InChI is InChI=1S/C19H24O2/c1-15-8-9-18(10-16(15)2)12-19(13-20,14-21)11-17-6-4-3-5-7-17/h3-10,20-21H,11-14H2,1-2H3. The molecule has 21 heavy (non-hydrogen) atoms. The molecule has 0 aliphatic carbocycles. The summed E-state index contributed by atoms with van der Waals surface area (Å²) in [6, 6.07) is 16.4. The van der Waals surface area contributed by atoms with Crippen LogP contribution in [-0.4, -0.2) is 23.4 Å². The van der Waals surface area contributed by atoms with Crippen LogP contribution < -0.4 is 0 Å². The zero-order valence-corrected chi connectivity index (χ0v) is 12.8. The van der Waals surface area contributed by atoms with Crippen molar-refractivity contribution in [3.05, 3.63) is 70.8 Å². The van der Waals surface area contributed by atoms with Gasteiger partial charge < -0.3 is 10.2 Å². The molecule has 0 amide bonds. The Morgan fingerprint density at radius 2 is 1.38 bits per heavy atom. The van der Waals surface area contributed by atoms with E-state index in [4.69, 9.17) is 0 Å². The normalized spacial score (nSPS) is 11.6. The van der Waals surface area contributed by atoms with E-state index in [9.17, 15) is 10.2 Å². The van der Waals surface area contributed by atoms with Gasteiger partial charge in [-0.2, -0.15) is 0 Å². The number of rotatable bonds is 6. The first kappa shape index (κ1) is 15.7. The lowest BCUT2D eigenvalue weighted by atomic mass is 9.77. The van der Waals surface area contributed by atoms with E-state index < -0.39 is 5.41 Å². The predicted octanol–water partition coefficient (Wildman–Crippen LogP) is 3.06. The lowest BCUT2D eigenvalue weighted by molar-refractivity contribution is 0.0548. The van der Waals surface area contributed by atoms with E-state index in [1.54, 1.807) is 0 Å². The Morgan fingerprint density at radius 3 is 1.95 bits per heavy atom. The van der Waals surface area contributed by atoms with Crippen molar-refractivity contribution in [2.45, 2.75) is 26.7 Å². The average Bonchev–Trinajstić information content (AvgIpc) is 2.51. The van der Waals surface area contributed by atoms with Crippen molar-refractivity contribution < 1.29 is 10.2 Å². The molecule has 0 saturated carbocycles. The summed E-state index contributed by atoms with van der Waals surface area (Å²) in [4.78, 5) is 0. The Kier molecular flexibility index (Phi) is 5.16. The molecule has 2 aromatic carbocycles. The molecule has 0 radical (unpaired) electrons. The molecule has 0 aliphatic rings. The predicted molar refractivity (Wildman–Crippen MR) is 86.4 cm³/mol. The second kappa shape index (κ2) is 6.88. The first-order chi connectivity index (χ1) is 10.1. The minimum absolute atomic E-state index is 0.0225. The van der Waals surface area contributed by atoms with Crippen LogP contribution in [-0.2, 0) is 12.8 Å². The molecule has 2 heteroatoms. The highest BCUT2D eigenvalue weighted by molar-refractivity contribution is 5.31. The molecule has 2 aromatic rings. The molecule has 0 fully saturated rings. The number of hydrogen-bond donors (Lipinski definition) is 2.